The maximum Gasteiger partial charge on any atom is 0.273 e. The number of carbonyl (C=O) groups is 1. The fraction of sp³-hybridized carbons (Fsp3) is 0.467. The summed E-state index contributed by atoms with van der Waals surface area (Å²) in [5, 5.41) is 6.35. The summed E-state index contributed by atoms with van der Waals surface area (Å²) >= 11 is 0. The summed E-state index contributed by atoms with van der Waals surface area (Å²) in [5.41, 5.74) is 1.72. The van der Waals surface area contributed by atoms with Crippen LogP contribution in [0.3, 0.4) is 0 Å². The summed E-state index contributed by atoms with van der Waals surface area (Å²) in [6.07, 6.45) is -0.314. The number of likely N-dealkylation sites (N-methyl/N-ethyl adjacent to an activating group) is 1. The second-order valence-electron chi connectivity index (χ2n) is 4.19. The van der Waals surface area contributed by atoms with E-state index in [0.29, 0.717) is 18.8 Å². The number of hydrogen-bond donors (Lipinski definition) is 1. The van der Waals surface area contributed by atoms with Crippen molar-refractivity contribution in [3.8, 4) is 0 Å². The van der Waals surface area contributed by atoms with E-state index in [1.54, 1.807) is 13.1 Å². The molecular weight excluding hydrogens is 272 g/mol. The summed E-state index contributed by atoms with van der Waals surface area (Å²) in [6.45, 7) is 4.63. The van der Waals surface area contributed by atoms with E-state index >= 15 is 0 Å². The molecule has 1 atom stereocenters. The average Bonchev–Trinajstić information content (AvgIpc) is 2.50. The number of carbonyl (C=O) groups excluding carboxylic acids is 1. The number of benzene rings is 1. The third-order valence-electron chi connectivity index (χ3n) is 2.77. The van der Waals surface area contributed by atoms with Gasteiger partial charge in [-0.3, -0.25) is 4.79 Å². The maximum atomic E-state index is 11.9. The molecule has 21 heavy (non-hydrogen) atoms. The smallest absolute Gasteiger partial charge is 0.273 e. The first-order valence-electron chi connectivity index (χ1n) is 6.78. The number of amides is 1. The van der Waals surface area contributed by atoms with Crippen molar-refractivity contribution >= 4 is 11.6 Å². The van der Waals surface area contributed by atoms with Gasteiger partial charge in [0.15, 0.2) is 12.0 Å². The van der Waals surface area contributed by atoms with Crippen LogP contribution < -0.4 is 5.32 Å². The summed E-state index contributed by atoms with van der Waals surface area (Å²) in [7, 11) is 2.95. The zero-order valence-corrected chi connectivity index (χ0v) is 12.9. The highest BCUT2D eigenvalue weighted by Gasteiger charge is 2.17. The lowest BCUT2D eigenvalue weighted by Gasteiger charge is -2.15. The first kappa shape index (κ1) is 17.1. The van der Waals surface area contributed by atoms with E-state index in [1.807, 2.05) is 32.0 Å². The monoisotopic (exact) mass is 294 g/mol. The zero-order chi connectivity index (χ0) is 15.7. The van der Waals surface area contributed by atoms with Crippen LogP contribution in [0.2, 0.25) is 0 Å². The van der Waals surface area contributed by atoms with E-state index in [9.17, 15) is 4.79 Å². The molecule has 0 aromatic heterocycles. The molecule has 116 valence electrons. The van der Waals surface area contributed by atoms with Gasteiger partial charge in [0.2, 0.25) is 0 Å². The van der Waals surface area contributed by atoms with Gasteiger partial charge >= 0.3 is 0 Å². The third-order valence-corrected chi connectivity index (χ3v) is 2.77. The number of rotatable bonds is 8. The SMILES string of the molecule is CCOC(C)OCc1ccccc1/C(=N/OC)C(=O)NC. The largest absolute Gasteiger partial charge is 0.398 e. The summed E-state index contributed by atoms with van der Waals surface area (Å²) < 4.78 is 10.9. The first-order valence-corrected chi connectivity index (χ1v) is 6.78. The molecule has 6 heteroatoms. The van der Waals surface area contributed by atoms with Crippen molar-refractivity contribution in [1.29, 1.82) is 0 Å². The number of hydrogen-bond acceptors (Lipinski definition) is 5. The molecule has 0 saturated carbocycles. The van der Waals surface area contributed by atoms with Gasteiger partial charge < -0.3 is 19.6 Å². The number of nitrogens with zero attached hydrogens (tertiary/aromatic N) is 1. The molecule has 0 saturated heterocycles. The minimum atomic E-state index is -0.317. The number of ether oxygens (including phenoxy) is 2. The quantitative estimate of drug-likeness (QED) is 0.450. The topological polar surface area (TPSA) is 69.1 Å². The van der Waals surface area contributed by atoms with Crippen LogP contribution in [0.25, 0.3) is 0 Å². The van der Waals surface area contributed by atoms with Crippen LogP contribution in [0.5, 0.6) is 0 Å². The van der Waals surface area contributed by atoms with Gasteiger partial charge in [-0.15, -0.1) is 0 Å². The predicted molar refractivity (Wildman–Crippen MR) is 79.9 cm³/mol. The van der Waals surface area contributed by atoms with Crippen molar-refractivity contribution in [2.75, 3.05) is 20.8 Å². The van der Waals surface area contributed by atoms with Gasteiger partial charge in [0.1, 0.15) is 7.11 Å². The summed E-state index contributed by atoms with van der Waals surface area (Å²) in [5.74, 6) is -0.317. The molecule has 1 N–H and O–H groups in total. The lowest BCUT2D eigenvalue weighted by Crippen LogP contribution is -2.29. The van der Waals surface area contributed by atoms with Crippen LogP contribution in [0, 0.1) is 0 Å². The van der Waals surface area contributed by atoms with Crippen molar-refractivity contribution in [2.24, 2.45) is 5.16 Å². The fourth-order valence-electron chi connectivity index (χ4n) is 1.79. The van der Waals surface area contributed by atoms with Crippen molar-refractivity contribution < 1.29 is 19.1 Å². The van der Waals surface area contributed by atoms with Gasteiger partial charge in [0.25, 0.3) is 5.91 Å². The Morgan fingerprint density at radius 2 is 2.05 bits per heavy atom. The van der Waals surface area contributed by atoms with Gasteiger partial charge in [0, 0.05) is 19.2 Å². The maximum absolute atomic E-state index is 11.9. The average molecular weight is 294 g/mol. The predicted octanol–water partition coefficient (Wildman–Crippen LogP) is 1.68. The molecule has 1 amide bonds. The number of oxime groups is 1. The highest BCUT2D eigenvalue weighted by Crippen LogP contribution is 2.13. The second kappa shape index (κ2) is 9.10. The van der Waals surface area contributed by atoms with Crippen LogP contribution in [0.4, 0.5) is 0 Å². The van der Waals surface area contributed by atoms with Crippen LogP contribution in [0.15, 0.2) is 29.4 Å². The van der Waals surface area contributed by atoms with E-state index < -0.39 is 0 Å². The Balaban J connectivity index is 2.96. The van der Waals surface area contributed by atoms with Crippen LogP contribution in [0.1, 0.15) is 25.0 Å². The van der Waals surface area contributed by atoms with E-state index in [1.165, 1.54) is 7.11 Å². The molecule has 0 fully saturated rings. The van der Waals surface area contributed by atoms with Gasteiger partial charge in [-0.2, -0.15) is 0 Å². The minimum absolute atomic E-state index is 0.211. The van der Waals surface area contributed by atoms with Gasteiger partial charge in [-0.1, -0.05) is 29.4 Å². The van der Waals surface area contributed by atoms with Crippen molar-refractivity contribution in [3.63, 3.8) is 0 Å². The Hall–Kier alpha value is -1.92. The minimum Gasteiger partial charge on any atom is -0.398 e. The second-order valence-corrected chi connectivity index (χ2v) is 4.19. The summed E-state index contributed by atoms with van der Waals surface area (Å²) in [6, 6.07) is 7.39. The molecule has 1 rings (SSSR count). The van der Waals surface area contributed by atoms with Crippen LogP contribution in [-0.2, 0) is 25.7 Å². The third kappa shape index (κ3) is 5.17. The van der Waals surface area contributed by atoms with Crippen LogP contribution >= 0.6 is 0 Å². The Bertz CT molecular complexity index is 488. The van der Waals surface area contributed by atoms with E-state index in [2.05, 4.69) is 10.5 Å². The molecule has 1 unspecified atom stereocenters. The lowest BCUT2D eigenvalue weighted by atomic mass is 10.0. The summed E-state index contributed by atoms with van der Waals surface area (Å²) in [4.78, 5) is 16.7. The van der Waals surface area contributed by atoms with Gasteiger partial charge in [-0.05, 0) is 19.4 Å². The zero-order valence-electron chi connectivity index (χ0n) is 12.9. The van der Waals surface area contributed by atoms with E-state index in [-0.39, 0.29) is 17.9 Å². The molecule has 0 bridgehead atoms. The molecule has 0 spiro atoms. The highest BCUT2D eigenvalue weighted by atomic mass is 16.7. The normalized spacial score (nSPS) is 12.9. The fourth-order valence-corrected chi connectivity index (χ4v) is 1.79. The molecule has 1 aromatic rings. The molecule has 0 aliphatic rings. The molecular formula is C15H22N2O4. The van der Waals surface area contributed by atoms with Gasteiger partial charge in [0.05, 0.1) is 6.61 Å². The molecule has 1 aromatic carbocycles. The van der Waals surface area contributed by atoms with Gasteiger partial charge in [-0.25, -0.2) is 0 Å². The standard InChI is InChI=1S/C15H22N2O4/c1-5-20-11(2)21-10-12-8-6-7-9-13(12)14(17-19-4)15(18)16-3/h6-9,11H,5,10H2,1-4H3,(H,16,18)/b17-14-. The number of nitrogens with one attached hydrogen (secondary N) is 1. The van der Waals surface area contributed by atoms with Crippen molar-refractivity contribution in [1.82, 2.24) is 5.32 Å². The van der Waals surface area contributed by atoms with E-state index in [0.717, 1.165) is 5.56 Å². The highest BCUT2D eigenvalue weighted by molar-refractivity contribution is 6.45. The van der Waals surface area contributed by atoms with Crippen LogP contribution in [-0.4, -0.2) is 38.7 Å². The molecule has 6 nitrogen and oxygen atoms in total. The molecule has 0 aliphatic heterocycles. The Morgan fingerprint density at radius 3 is 2.67 bits per heavy atom. The molecule has 0 aliphatic carbocycles. The Kier molecular flexibility index (Phi) is 7.42. The Morgan fingerprint density at radius 1 is 1.33 bits per heavy atom. The molecule has 0 heterocycles. The van der Waals surface area contributed by atoms with E-state index in [4.69, 9.17) is 14.3 Å². The molecule has 0 radical (unpaired) electrons. The Labute approximate surface area is 125 Å². The van der Waals surface area contributed by atoms with Crippen molar-refractivity contribution in [3.05, 3.63) is 35.4 Å². The van der Waals surface area contributed by atoms with Crippen molar-refractivity contribution in [2.45, 2.75) is 26.7 Å². The lowest BCUT2D eigenvalue weighted by molar-refractivity contribution is -0.134. The first-order chi connectivity index (χ1) is 10.1.